The van der Waals surface area contributed by atoms with E-state index >= 15 is 0 Å². The zero-order chi connectivity index (χ0) is 17.5. The quantitative estimate of drug-likeness (QED) is 0.847. The van der Waals surface area contributed by atoms with E-state index in [0.717, 1.165) is 34.6 Å². The van der Waals surface area contributed by atoms with Gasteiger partial charge in [-0.3, -0.25) is 4.79 Å². The lowest BCUT2D eigenvalue weighted by Crippen LogP contribution is -2.37. The lowest BCUT2D eigenvalue weighted by molar-refractivity contribution is -0.127. The third-order valence-corrected chi connectivity index (χ3v) is 4.10. The SMILES string of the molecule is COc1ccc(CCNC(=O)C(C)Oc2cccc(C)c2C)cc1. The molecule has 24 heavy (non-hydrogen) atoms. The van der Waals surface area contributed by atoms with Crippen LogP contribution in [0.5, 0.6) is 11.5 Å². The van der Waals surface area contributed by atoms with E-state index in [1.54, 1.807) is 14.0 Å². The van der Waals surface area contributed by atoms with Gasteiger partial charge in [0.15, 0.2) is 6.10 Å². The van der Waals surface area contributed by atoms with Gasteiger partial charge in [0, 0.05) is 6.54 Å². The lowest BCUT2D eigenvalue weighted by atomic mass is 10.1. The van der Waals surface area contributed by atoms with Crippen molar-refractivity contribution in [2.24, 2.45) is 0 Å². The number of carbonyl (C=O) groups is 1. The van der Waals surface area contributed by atoms with Crippen LogP contribution in [-0.2, 0) is 11.2 Å². The van der Waals surface area contributed by atoms with Crippen molar-refractivity contribution in [3.8, 4) is 11.5 Å². The van der Waals surface area contributed by atoms with Crippen LogP contribution in [0.25, 0.3) is 0 Å². The Morgan fingerprint density at radius 3 is 2.50 bits per heavy atom. The zero-order valence-electron chi connectivity index (χ0n) is 14.8. The monoisotopic (exact) mass is 327 g/mol. The van der Waals surface area contributed by atoms with Gasteiger partial charge in [-0.2, -0.15) is 0 Å². The number of nitrogens with one attached hydrogen (secondary N) is 1. The Balaban J connectivity index is 1.82. The summed E-state index contributed by atoms with van der Waals surface area (Å²) in [6.45, 7) is 6.37. The van der Waals surface area contributed by atoms with Gasteiger partial charge in [0.05, 0.1) is 7.11 Å². The predicted molar refractivity (Wildman–Crippen MR) is 95.7 cm³/mol. The smallest absolute Gasteiger partial charge is 0.260 e. The Hall–Kier alpha value is -2.49. The van der Waals surface area contributed by atoms with Gasteiger partial charge in [0.2, 0.25) is 0 Å². The number of hydrogen-bond acceptors (Lipinski definition) is 3. The summed E-state index contributed by atoms with van der Waals surface area (Å²) in [7, 11) is 1.65. The van der Waals surface area contributed by atoms with Gasteiger partial charge in [-0.15, -0.1) is 0 Å². The Labute approximate surface area is 143 Å². The minimum Gasteiger partial charge on any atom is -0.497 e. The first-order chi connectivity index (χ1) is 11.5. The molecule has 1 unspecified atom stereocenters. The van der Waals surface area contributed by atoms with Crippen molar-refractivity contribution in [3.63, 3.8) is 0 Å². The second-order valence-corrected chi connectivity index (χ2v) is 5.85. The fourth-order valence-corrected chi connectivity index (χ4v) is 2.36. The molecule has 0 aliphatic heterocycles. The summed E-state index contributed by atoms with van der Waals surface area (Å²) in [5.41, 5.74) is 3.37. The molecule has 0 aliphatic carbocycles. The van der Waals surface area contributed by atoms with E-state index in [-0.39, 0.29) is 5.91 Å². The maximum atomic E-state index is 12.2. The minimum absolute atomic E-state index is 0.107. The first-order valence-corrected chi connectivity index (χ1v) is 8.14. The maximum Gasteiger partial charge on any atom is 0.260 e. The summed E-state index contributed by atoms with van der Waals surface area (Å²) in [5.74, 6) is 1.48. The van der Waals surface area contributed by atoms with Crippen molar-refractivity contribution >= 4 is 5.91 Å². The number of aryl methyl sites for hydroxylation is 1. The third kappa shape index (κ3) is 4.75. The molecule has 1 atom stereocenters. The summed E-state index contributed by atoms with van der Waals surface area (Å²) in [6.07, 6.45) is 0.243. The Morgan fingerprint density at radius 1 is 1.12 bits per heavy atom. The van der Waals surface area contributed by atoms with Crippen molar-refractivity contribution in [1.29, 1.82) is 0 Å². The number of amides is 1. The van der Waals surface area contributed by atoms with Crippen LogP contribution < -0.4 is 14.8 Å². The van der Waals surface area contributed by atoms with Crippen molar-refractivity contribution in [2.45, 2.75) is 33.3 Å². The van der Waals surface area contributed by atoms with E-state index < -0.39 is 6.10 Å². The molecule has 2 aromatic carbocycles. The van der Waals surface area contributed by atoms with Crippen molar-refractivity contribution < 1.29 is 14.3 Å². The van der Waals surface area contributed by atoms with Crippen molar-refractivity contribution in [2.75, 3.05) is 13.7 Å². The normalized spacial score (nSPS) is 11.7. The molecule has 0 aliphatic rings. The number of benzene rings is 2. The molecule has 0 spiro atoms. The van der Waals surface area contributed by atoms with Crippen LogP contribution in [-0.4, -0.2) is 25.7 Å². The standard InChI is InChI=1S/C20H25NO3/c1-14-6-5-7-19(15(14)2)24-16(3)20(22)21-13-12-17-8-10-18(23-4)11-9-17/h5-11,16H,12-13H2,1-4H3,(H,21,22). The average Bonchev–Trinajstić information content (AvgIpc) is 2.59. The molecule has 2 aromatic rings. The molecule has 0 saturated carbocycles. The maximum absolute atomic E-state index is 12.2. The van der Waals surface area contributed by atoms with Crippen LogP contribution >= 0.6 is 0 Å². The highest BCUT2D eigenvalue weighted by atomic mass is 16.5. The molecule has 0 heterocycles. The molecule has 2 rings (SSSR count). The molecule has 1 amide bonds. The highest BCUT2D eigenvalue weighted by Gasteiger charge is 2.15. The van der Waals surface area contributed by atoms with Gasteiger partial charge in [-0.1, -0.05) is 24.3 Å². The molecule has 128 valence electrons. The largest absolute Gasteiger partial charge is 0.497 e. The van der Waals surface area contributed by atoms with E-state index in [0.29, 0.717) is 6.54 Å². The highest BCUT2D eigenvalue weighted by Crippen LogP contribution is 2.21. The van der Waals surface area contributed by atoms with Crippen LogP contribution in [0.15, 0.2) is 42.5 Å². The molecule has 4 heteroatoms. The predicted octanol–water partition coefficient (Wildman–Crippen LogP) is 3.44. The highest BCUT2D eigenvalue weighted by molar-refractivity contribution is 5.80. The van der Waals surface area contributed by atoms with Gasteiger partial charge in [0.25, 0.3) is 5.91 Å². The van der Waals surface area contributed by atoms with E-state index in [1.165, 1.54) is 0 Å². The van der Waals surface area contributed by atoms with Crippen LogP contribution in [0.1, 0.15) is 23.6 Å². The number of hydrogen-bond donors (Lipinski definition) is 1. The summed E-state index contributed by atoms with van der Waals surface area (Å²) >= 11 is 0. The summed E-state index contributed by atoms with van der Waals surface area (Å²) in [6, 6.07) is 13.7. The molecule has 0 bridgehead atoms. The van der Waals surface area contributed by atoms with Crippen molar-refractivity contribution in [1.82, 2.24) is 5.32 Å². The van der Waals surface area contributed by atoms with Gasteiger partial charge in [0.1, 0.15) is 11.5 Å². The fourth-order valence-electron chi connectivity index (χ4n) is 2.36. The number of rotatable bonds is 7. The van der Waals surface area contributed by atoms with Gasteiger partial charge in [-0.05, 0) is 62.1 Å². The van der Waals surface area contributed by atoms with Crippen LogP contribution in [0, 0.1) is 13.8 Å². The molecule has 4 nitrogen and oxygen atoms in total. The zero-order valence-corrected chi connectivity index (χ0v) is 14.8. The summed E-state index contributed by atoms with van der Waals surface area (Å²) < 4.78 is 10.9. The first kappa shape index (κ1) is 17.9. The molecular formula is C20H25NO3. The Kier molecular flexibility index (Phi) is 6.24. The van der Waals surface area contributed by atoms with Crippen LogP contribution in [0.2, 0.25) is 0 Å². The summed E-state index contributed by atoms with van der Waals surface area (Å²) in [4.78, 5) is 12.2. The second kappa shape index (κ2) is 8.39. The number of carbonyl (C=O) groups excluding carboxylic acids is 1. The molecule has 0 aromatic heterocycles. The fraction of sp³-hybridized carbons (Fsp3) is 0.350. The van der Waals surface area contributed by atoms with E-state index in [4.69, 9.17) is 9.47 Å². The molecule has 0 saturated heterocycles. The third-order valence-electron chi connectivity index (χ3n) is 4.10. The molecular weight excluding hydrogens is 302 g/mol. The van der Waals surface area contributed by atoms with Gasteiger partial charge in [-0.25, -0.2) is 0 Å². The van der Waals surface area contributed by atoms with Crippen LogP contribution in [0.3, 0.4) is 0 Å². The topological polar surface area (TPSA) is 47.6 Å². The number of ether oxygens (including phenoxy) is 2. The van der Waals surface area contributed by atoms with E-state index in [9.17, 15) is 4.79 Å². The average molecular weight is 327 g/mol. The minimum atomic E-state index is -0.527. The molecule has 0 radical (unpaired) electrons. The molecule has 1 N–H and O–H groups in total. The number of methoxy groups -OCH3 is 1. The van der Waals surface area contributed by atoms with Gasteiger partial charge < -0.3 is 14.8 Å². The van der Waals surface area contributed by atoms with Gasteiger partial charge >= 0.3 is 0 Å². The first-order valence-electron chi connectivity index (χ1n) is 8.14. The van der Waals surface area contributed by atoms with Crippen LogP contribution in [0.4, 0.5) is 0 Å². The Morgan fingerprint density at radius 2 is 1.83 bits per heavy atom. The van der Waals surface area contributed by atoms with Crippen molar-refractivity contribution in [3.05, 3.63) is 59.2 Å². The van der Waals surface area contributed by atoms with E-state index in [1.807, 2.05) is 56.3 Å². The summed E-state index contributed by atoms with van der Waals surface area (Å²) in [5, 5.41) is 2.92. The molecule has 0 fully saturated rings. The lowest BCUT2D eigenvalue weighted by Gasteiger charge is -2.17. The van der Waals surface area contributed by atoms with E-state index in [2.05, 4.69) is 5.32 Å². The Bertz CT molecular complexity index is 680. The second-order valence-electron chi connectivity index (χ2n) is 5.85.